The second-order valence-electron chi connectivity index (χ2n) is 2.87. The van der Waals surface area contributed by atoms with Crippen LogP contribution in [0.25, 0.3) is 0 Å². The van der Waals surface area contributed by atoms with Crippen molar-refractivity contribution in [2.45, 2.75) is 19.4 Å². The zero-order chi connectivity index (χ0) is 6.85. The van der Waals surface area contributed by atoms with Crippen molar-refractivity contribution in [3.05, 3.63) is 0 Å². The van der Waals surface area contributed by atoms with Gasteiger partial charge in [-0.1, -0.05) is 6.92 Å². The highest BCUT2D eigenvalue weighted by Gasteiger charge is 2.25. The summed E-state index contributed by atoms with van der Waals surface area (Å²) in [7, 11) is 0. The Hall–Kier alpha value is -0.120. The largest absolute Gasteiger partial charge is 0.395 e. The minimum Gasteiger partial charge on any atom is -0.395 e. The summed E-state index contributed by atoms with van der Waals surface area (Å²) in [5.41, 5.74) is 0. The van der Waals surface area contributed by atoms with Gasteiger partial charge < -0.3 is 5.11 Å². The zero-order valence-corrected chi connectivity index (χ0v) is 5.75. The molecule has 3 heteroatoms. The summed E-state index contributed by atoms with van der Waals surface area (Å²) >= 11 is 0. The van der Waals surface area contributed by atoms with Crippen LogP contribution in [0.2, 0.25) is 0 Å². The van der Waals surface area contributed by atoms with E-state index in [1.807, 2.05) is 0 Å². The van der Waals surface area contributed by atoms with Crippen LogP contribution in [0, 0.1) is 5.92 Å². The van der Waals surface area contributed by atoms with Crippen molar-refractivity contribution >= 4 is 0 Å². The Morgan fingerprint density at radius 3 is 2.67 bits per heavy atom. The minimum absolute atomic E-state index is 0.195. The molecule has 3 nitrogen and oxygen atoms in total. The van der Waals surface area contributed by atoms with Crippen molar-refractivity contribution in [3.63, 3.8) is 0 Å². The molecule has 1 rings (SSSR count). The number of aliphatic hydroxyl groups is 1. The average Bonchev–Trinajstić information content (AvgIpc) is 2.10. The van der Waals surface area contributed by atoms with E-state index < -0.39 is 0 Å². The van der Waals surface area contributed by atoms with Crippen LogP contribution in [0.1, 0.15) is 13.3 Å². The fourth-order valence-corrected chi connectivity index (χ4v) is 1.36. The first-order valence-corrected chi connectivity index (χ1v) is 3.36. The Balaban J connectivity index is 2.38. The van der Waals surface area contributed by atoms with Crippen LogP contribution >= 0.6 is 0 Å². The molecule has 3 N–H and O–H groups in total. The summed E-state index contributed by atoms with van der Waals surface area (Å²) in [5, 5.41) is 10.5. The maximum absolute atomic E-state index is 8.73. The first-order valence-electron chi connectivity index (χ1n) is 3.36. The lowest BCUT2D eigenvalue weighted by Gasteiger charge is -2.14. The minimum atomic E-state index is 0.195. The molecule has 0 amide bonds. The standard InChI is InChI=1S/C6H14N2O/c1-5-2-6(4-9)8(7)3-5/h5-6,9H,2-4,7H2,1H3/t5-,6+/m1/s1. The maximum Gasteiger partial charge on any atom is 0.0600 e. The number of aliphatic hydroxyl groups excluding tert-OH is 1. The molecule has 0 aromatic carbocycles. The van der Waals surface area contributed by atoms with Crippen LogP contribution in [0.3, 0.4) is 0 Å². The molecule has 0 unspecified atom stereocenters. The molecule has 1 heterocycles. The number of nitrogens with zero attached hydrogens (tertiary/aromatic N) is 1. The quantitative estimate of drug-likeness (QED) is 0.473. The molecule has 0 saturated carbocycles. The maximum atomic E-state index is 8.73. The van der Waals surface area contributed by atoms with Crippen LogP contribution < -0.4 is 5.84 Å². The second-order valence-corrected chi connectivity index (χ2v) is 2.87. The van der Waals surface area contributed by atoms with Gasteiger partial charge in [0.25, 0.3) is 0 Å². The first kappa shape index (κ1) is 6.99. The summed E-state index contributed by atoms with van der Waals surface area (Å²) in [6.07, 6.45) is 1.03. The van der Waals surface area contributed by atoms with Crippen molar-refractivity contribution in [3.8, 4) is 0 Å². The predicted molar refractivity (Wildman–Crippen MR) is 35.5 cm³/mol. The SMILES string of the molecule is C[C@@H]1C[C@@H](CO)N(N)C1. The van der Waals surface area contributed by atoms with Crippen molar-refractivity contribution < 1.29 is 5.11 Å². The predicted octanol–water partition coefficient (Wildman–Crippen LogP) is -0.437. The highest BCUT2D eigenvalue weighted by atomic mass is 16.3. The monoisotopic (exact) mass is 130 g/mol. The lowest BCUT2D eigenvalue weighted by molar-refractivity contribution is 0.161. The molecule has 1 fully saturated rings. The molecule has 1 aliphatic heterocycles. The van der Waals surface area contributed by atoms with Gasteiger partial charge in [-0.25, -0.2) is 5.01 Å². The van der Waals surface area contributed by atoms with Gasteiger partial charge >= 0.3 is 0 Å². The molecule has 9 heavy (non-hydrogen) atoms. The van der Waals surface area contributed by atoms with Gasteiger partial charge in [0.1, 0.15) is 0 Å². The second kappa shape index (κ2) is 2.64. The van der Waals surface area contributed by atoms with Crippen LogP contribution in [0.5, 0.6) is 0 Å². The topological polar surface area (TPSA) is 49.5 Å². The third-order valence-electron chi connectivity index (χ3n) is 1.88. The molecule has 0 aromatic rings. The van der Waals surface area contributed by atoms with Gasteiger partial charge in [-0.05, 0) is 12.3 Å². The Morgan fingerprint density at radius 1 is 1.78 bits per heavy atom. The van der Waals surface area contributed by atoms with Crippen molar-refractivity contribution in [2.24, 2.45) is 11.8 Å². The van der Waals surface area contributed by atoms with Gasteiger partial charge in [-0.3, -0.25) is 5.84 Å². The molecule has 0 radical (unpaired) electrons. The molecular weight excluding hydrogens is 116 g/mol. The third-order valence-corrected chi connectivity index (χ3v) is 1.88. The fourth-order valence-electron chi connectivity index (χ4n) is 1.36. The number of hydrogen-bond acceptors (Lipinski definition) is 3. The lowest BCUT2D eigenvalue weighted by Crippen LogP contribution is -2.38. The van der Waals surface area contributed by atoms with Crippen molar-refractivity contribution in [1.82, 2.24) is 5.01 Å². The third kappa shape index (κ3) is 1.41. The highest BCUT2D eigenvalue weighted by molar-refractivity contribution is 4.78. The van der Waals surface area contributed by atoms with E-state index in [9.17, 15) is 0 Å². The number of hydrazine groups is 1. The van der Waals surface area contributed by atoms with Gasteiger partial charge in [0.15, 0.2) is 0 Å². The Bertz CT molecular complexity index is 97.1. The van der Waals surface area contributed by atoms with E-state index in [-0.39, 0.29) is 12.6 Å². The van der Waals surface area contributed by atoms with E-state index in [1.165, 1.54) is 0 Å². The number of hydrogen-bond donors (Lipinski definition) is 2. The van der Waals surface area contributed by atoms with Gasteiger partial charge in [-0.15, -0.1) is 0 Å². The Labute approximate surface area is 55.4 Å². The van der Waals surface area contributed by atoms with E-state index in [4.69, 9.17) is 10.9 Å². The van der Waals surface area contributed by atoms with E-state index in [0.29, 0.717) is 5.92 Å². The van der Waals surface area contributed by atoms with Crippen molar-refractivity contribution in [2.75, 3.05) is 13.2 Å². The Morgan fingerprint density at radius 2 is 2.44 bits per heavy atom. The number of rotatable bonds is 1. The Kier molecular flexibility index (Phi) is 2.05. The summed E-state index contributed by atoms with van der Waals surface area (Å²) in [6.45, 7) is 3.27. The summed E-state index contributed by atoms with van der Waals surface area (Å²) in [5.74, 6) is 6.20. The normalized spacial score (nSPS) is 37.7. The molecule has 54 valence electrons. The van der Waals surface area contributed by atoms with Crippen molar-refractivity contribution in [1.29, 1.82) is 0 Å². The molecule has 1 aliphatic rings. The first-order chi connectivity index (χ1) is 4.24. The highest BCUT2D eigenvalue weighted by Crippen LogP contribution is 2.18. The molecule has 2 atom stereocenters. The smallest absolute Gasteiger partial charge is 0.0600 e. The molecule has 0 spiro atoms. The molecule has 1 saturated heterocycles. The lowest BCUT2D eigenvalue weighted by atomic mass is 10.1. The van der Waals surface area contributed by atoms with E-state index in [1.54, 1.807) is 5.01 Å². The van der Waals surface area contributed by atoms with E-state index in [0.717, 1.165) is 13.0 Å². The molecule has 0 aromatic heterocycles. The average molecular weight is 130 g/mol. The van der Waals surface area contributed by atoms with Gasteiger partial charge in [0.05, 0.1) is 6.61 Å². The summed E-state index contributed by atoms with van der Waals surface area (Å²) in [4.78, 5) is 0. The molecule has 0 bridgehead atoms. The van der Waals surface area contributed by atoms with Gasteiger partial charge in [0, 0.05) is 12.6 Å². The zero-order valence-electron chi connectivity index (χ0n) is 5.75. The van der Waals surface area contributed by atoms with E-state index in [2.05, 4.69) is 6.92 Å². The van der Waals surface area contributed by atoms with Crippen LogP contribution in [0.4, 0.5) is 0 Å². The van der Waals surface area contributed by atoms with Gasteiger partial charge in [-0.2, -0.15) is 0 Å². The van der Waals surface area contributed by atoms with Crippen LogP contribution in [-0.4, -0.2) is 29.3 Å². The molecule has 0 aliphatic carbocycles. The van der Waals surface area contributed by atoms with Crippen LogP contribution in [-0.2, 0) is 0 Å². The fraction of sp³-hybridized carbons (Fsp3) is 1.00. The summed E-state index contributed by atoms with van der Waals surface area (Å²) < 4.78 is 0. The van der Waals surface area contributed by atoms with Crippen LogP contribution in [0.15, 0.2) is 0 Å². The number of nitrogens with two attached hydrogens (primary N) is 1. The summed E-state index contributed by atoms with van der Waals surface area (Å²) in [6, 6.07) is 0.208. The van der Waals surface area contributed by atoms with E-state index >= 15 is 0 Å². The molecular formula is C6H14N2O. The van der Waals surface area contributed by atoms with Gasteiger partial charge in [0.2, 0.25) is 0 Å².